The first kappa shape index (κ1) is 26.8. The lowest BCUT2D eigenvalue weighted by Gasteiger charge is -2.16. The second kappa shape index (κ2) is 12.8. The summed E-state index contributed by atoms with van der Waals surface area (Å²) >= 11 is 3.47. The Hall–Kier alpha value is -6.99. The average molecular weight is 769 g/mol. The van der Waals surface area contributed by atoms with E-state index in [1.807, 2.05) is 66.7 Å². The Kier molecular flexibility index (Phi) is 6.00. The predicted octanol–water partition coefficient (Wildman–Crippen LogP) is 14.4. The van der Waals surface area contributed by atoms with Crippen LogP contribution in [0.4, 0.5) is 0 Å². The van der Waals surface area contributed by atoms with Crippen molar-refractivity contribution in [2.24, 2.45) is 0 Å². The van der Waals surface area contributed by atoms with E-state index >= 15 is 0 Å². The maximum Gasteiger partial charge on any atom is 0.166 e. The van der Waals surface area contributed by atoms with Crippen molar-refractivity contribution in [1.82, 2.24) is 19.5 Å². The van der Waals surface area contributed by atoms with Crippen LogP contribution in [0.2, 0.25) is 0 Å². The summed E-state index contributed by atoms with van der Waals surface area (Å²) in [5, 5.41) is 4.94. The van der Waals surface area contributed by atoms with Gasteiger partial charge in [0.15, 0.2) is 17.5 Å². The van der Waals surface area contributed by atoms with E-state index in [9.17, 15) is 2.74 Å². The number of aromatic nitrogens is 4. The van der Waals surface area contributed by atoms with Crippen LogP contribution in [-0.2, 0) is 0 Å². The van der Waals surface area contributed by atoms with Crippen LogP contribution in [0, 0.1) is 0 Å². The van der Waals surface area contributed by atoms with Crippen LogP contribution in [-0.4, -0.2) is 19.5 Å². The van der Waals surface area contributed by atoms with Crippen LogP contribution in [0.5, 0.6) is 0 Å². The third-order valence-electron chi connectivity index (χ3n) is 10.6. The van der Waals surface area contributed by atoms with Gasteiger partial charge in [0.2, 0.25) is 0 Å². The monoisotopic (exact) mass is 768 g/mol. The molecule has 4 nitrogen and oxygen atoms in total. The highest BCUT2D eigenvalue weighted by molar-refractivity contribution is 7.26. The molecule has 57 heavy (non-hydrogen) atoms. The molecule has 0 fully saturated rings. The number of para-hydroxylation sites is 2. The minimum atomic E-state index is -0.178. The van der Waals surface area contributed by atoms with Crippen molar-refractivity contribution in [3.05, 3.63) is 182 Å². The molecule has 0 aliphatic carbocycles. The van der Waals surface area contributed by atoms with Crippen LogP contribution in [0.1, 0.15) is 8.22 Å². The number of benzene rings is 8. The molecule has 266 valence electrons. The largest absolute Gasteiger partial charge is 0.309 e. The van der Waals surface area contributed by atoms with Crippen LogP contribution in [0.3, 0.4) is 0 Å². The fourth-order valence-corrected chi connectivity index (χ4v) is 10.3. The molecule has 0 aliphatic heterocycles. The normalized spacial score (nSPS) is 13.3. The minimum absolute atomic E-state index is 0.0461. The predicted molar refractivity (Wildman–Crippen MR) is 242 cm³/mol. The maximum atomic E-state index is 9.28. The lowest BCUT2D eigenvalue weighted by molar-refractivity contribution is 1.07. The molecule has 8 aromatic carbocycles. The van der Waals surface area contributed by atoms with Crippen LogP contribution in [0.25, 0.3) is 113 Å². The molecule has 0 atom stereocenters. The van der Waals surface area contributed by atoms with Crippen molar-refractivity contribution in [1.29, 1.82) is 0 Å². The molecule has 0 radical (unpaired) electrons. The second-order valence-electron chi connectivity index (χ2n) is 13.9. The Bertz CT molecular complexity index is 3820. The number of hydrogen-bond donors (Lipinski definition) is 0. The zero-order valence-corrected chi connectivity index (χ0v) is 31.6. The van der Waals surface area contributed by atoms with Crippen molar-refractivity contribution in [2.75, 3.05) is 0 Å². The fourth-order valence-electron chi connectivity index (χ4n) is 8.01. The van der Waals surface area contributed by atoms with E-state index < -0.39 is 0 Å². The molecular weight excluding hydrogens is 733 g/mol. The molecule has 0 saturated heterocycles. The number of rotatable bonds is 5. The number of thiophene rings is 2. The molecule has 0 spiro atoms. The van der Waals surface area contributed by atoms with Crippen molar-refractivity contribution < 1.29 is 8.22 Å². The van der Waals surface area contributed by atoms with Gasteiger partial charge in [-0.3, -0.25) is 0 Å². The molecule has 4 aromatic heterocycles. The van der Waals surface area contributed by atoms with Crippen LogP contribution < -0.4 is 0 Å². The molecule has 6 heteroatoms. The zero-order chi connectivity index (χ0) is 42.7. The maximum absolute atomic E-state index is 9.28. The molecule has 12 aromatic rings. The van der Waals surface area contributed by atoms with Gasteiger partial charge in [0.05, 0.1) is 24.9 Å². The molecule has 0 amide bonds. The molecule has 0 saturated carbocycles. The van der Waals surface area contributed by atoms with Crippen LogP contribution >= 0.6 is 22.7 Å². The first-order valence-corrected chi connectivity index (χ1v) is 20.2. The fraction of sp³-hybridized carbons (Fsp3) is 0. The summed E-state index contributed by atoms with van der Waals surface area (Å²) in [5.41, 5.74) is 5.09. The number of nitrogens with zero attached hydrogens (tertiary/aromatic N) is 4. The van der Waals surface area contributed by atoms with Gasteiger partial charge in [0.25, 0.3) is 0 Å². The Morgan fingerprint density at radius 1 is 0.404 bits per heavy atom. The SMILES string of the molecule is [2H]c1cc([2H])c2c(c1[2H])c1c([2H])c([2H])cc([2H])c1n2-c1ccc(-c2cccc3c2sc2ccccc23)cc1-c1nc(-c2ccccc2)nc(-c2ccc3sc4ccccc4c3c2)n1. The summed E-state index contributed by atoms with van der Waals surface area (Å²) in [6.45, 7) is 0. The van der Waals surface area contributed by atoms with Crippen molar-refractivity contribution >= 4 is 84.8 Å². The van der Waals surface area contributed by atoms with Gasteiger partial charge in [0.1, 0.15) is 0 Å². The number of hydrogen-bond acceptors (Lipinski definition) is 5. The Morgan fingerprint density at radius 2 is 1.02 bits per heavy atom. The number of fused-ring (bicyclic) bond motifs is 9. The standard InChI is InChI=1S/C51H30N4S2/c1-2-13-31(14-3-1)49-52-50(33-26-28-47-40(30-33)38-18-7-10-23-45(38)56-47)54-51(53-49)41-29-32(34-19-12-20-39-37-17-6-11-24-46(37)57-48(34)39)25-27-44(41)55-42-21-8-4-15-35(42)36-16-5-9-22-43(36)55/h1-30H/i4D,5D,15D,16D,21D,22D. The summed E-state index contributed by atoms with van der Waals surface area (Å²) in [7, 11) is 0. The highest BCUT2D eigenvalue weighted by Gasteiger charge is 2.21. The molecule has 4 heterocycles. The van der Waals surface area contributed by atoms with E-state index in [-0.39, 0.29) is 58.1 Å². The summed E-state index contributed by atoms with van der Waals surface area (Å²) < 4.78 is 60.4. The van der Waals surface area contributed by atoms with Gasteiger partial charge in [-0.25, -0.2) is 15.0 Å². The zero-order valence-electron chi connectivity index (χ0n) is 36.0. The molecule has 12 rings (SSSR count). The Labute approximate surface area is 344 Å². The summed E-state index contributed by atoms with van der Waals surface area (Å²) in [4.78, 5) is 15.6. The van der Waals surface area contributed by atoms with Crippen molar-refractivity contribution in [3.8, 4) is 51.0 Å². The van der Waals surface area contributed by atoms with Gasteiger partial charge < -0.3 is 4.57 Å². The molecular formula is C51H30N4S2. The smallest absolute Gasteiger partial charge is 0.166 e. The molecule has 0 aliphatic rings. The Morgan fingerprint density at radius 3 is 1.79 bits per heavy atom. The minimum Gasteiger partial charge on any atom is -0.309 e. The van der Waals surface area contributed by atoms with E-state index in [0.29, 0.717) is 28.7 Å². The second-order valence-corrected chi connectivity index (χ2v) is 16.0. The third kappa shape index (κ3) is 5.15. The first-order chi connectivity index (χ1) is 30.7. The summed E-state index contributed by atoms with van der Waals surface area (Å²) in [6, 6.07) is 47.0. The van der Waals surface area contributed by atoms with Crippen LogP contribution in [0.15, 0.2) is 182 Å². The molecule has 0 bridgehead atoms. The lowest BCUT2D eigenvalue weighted by Crippen LogP contribution is -2.04. The van der Waals surface area contributed by atoms with E-state index in [1.165, 1.54) is 26.9 Å². The summed E-state index contributed by atoms with van der Waals surface area (Å²) in [5.74, 6) is 1.26. The molecule has 0 N–H and O–H groups in total. The lowest BCUT2D eigenvalue weighted by atomic mass is 9.99. The third-order valence-corrected chi connectivity index (χ3v) is 13.0. The van der Waals surface area contributed by atoms with E-state index in [1.54, 1.807) is 27.2 Å². The topological polar surface area (TPSA) is 43.6 Å². The summed E-state index contributed by atoms with van der Waals surface area (Å²) in [6.07, 6.45) is 0. The average Bonchev–Trinajstić information content (AvgIpc) is 4.00. The highest BCUT2D eigenvalue weighted by atomic mass is 32.1. The quantitative estimate of drug-likeness (QED) is 0.175. The van der Waals surface area contributed by atoms with E-state index in [0.717, 1.165) is 47.8 Å². The van der Waals surface area contributed by atoms with Gasteiger partial charge >= 0.3 is 0 Å². The first-order valence-electron chi connectivity index (χ1n) is 21.5. The molecule has 0 unspecified atom stereocenters. The highest BCUT2D eigenvalue weighted by Crippen LogP contribution is 2.43. The van der Waals surface area contributed by atoms with E-state index in [2.05, 4.69) is 66.7 Å². The Balaban J connectivity index is 1.20. The van der Waals surface area contributed by atoms with Gasteiger partial charge in [-0.05, 0) is 65.7 Å². The van der Waals surface area contributed by atoms with Gasteiger partial charge in [-0.15, -0.1) is 22.7 Å². The van der Waals surface area contributed by atoms with Gasteiger partial charge in [-0.2, -0.15) is 0 Å². The van der Waals surface area contributed by atoms with Crippen molar-refractivity contribution in [3.63, 3.8) is 0 Å². The van der Waals surface area contributed by atoms with E-state index in [4.69, 9.17) is 20.4 Å². The van der Waals surface area contributed by atoms with Crippen molar-refractivity contribution in [2.45, 2.75) is 0 Å². The van der Waals surface area contributed by atoms with Gasteiger partial charge in [0, 0.05) is 67.8 Å². The van der Waals surface area contributed by atoms with Gasteiger partial charge in [-0.1, -0.05) is 127 Å².